The van der Waals surface area contributed by atoms with Crippen molar-refractivity contribution in [1.82, 2.24) is 9.88 Å². The third-order valence-corrected chi connectivity index (χ3v) is 7.14. The van der Waals surface area contributed by atoms with Crippen LogP contribution < -0.4 is 0 Å². The summed E-state index contributed by atoms with van der Waals surface area (Å²) in [4.78, 5) is 31.6. The molecule has 1 aromatic heterocycles. The van der Waals surface area contributed by atoms with E-state index in [2.05, 4.69) is 16.8 Å². The van der Waals surface area contributed by atoms with Crippen molar-refractivity contribution >= 4 is 23.5 Å². The van der Waals surface area contributed by atoms with Gasteiger partial charge in [0.2, 0.25) is 0 Å². The fourth-order valence-corrected chi connectivity index (χ4v) is 5.39. The molecule has 170 valence electrons. The number of aromatic nitrogens is 1. The van der Waals surface area contributed by atoms with Crippen molar-refractivity contribution in [2.45, 2.75) is 45.6 Å². The molecule has 4 rings (SSSR count). The first-order valence-electron chi connectivity index (χ1n) is 11.1. The average molecular weight is 457 g/mol. The van der Waals surface area contributed by atoms with Crippen LogP contribution in [-0.2, 0) is 24.6 Å². The molecule has 6 nitrogen and oxygen atoms in total. The molecule has 7 heteroatoms. The van der Waals surface area contributed by atoms with Crippen molar-refractivity contribution in [3.05, 3.63) is 69.6 Å². The first kappa shape index (κ1) is 22.5. The van der Waals surface area contributed by atoms with Crippen LogP contribution in [0.1, 0.15) is 56.9 Å². The normalized spacial score (nSPS) is 24.6. The van der Waals surface area contributed by atoms with E-state index < -0.39 is 11.5 Å². The number of H-pyrrole nitrogens is 1. The molecule has 0 spiro atoms. The number of fused-ring (bicyclic) bond motifs is 3. The van der Waals surface area contributed by atoms with Crippen LogP contribution in [0.15, 0.2) is 47.8 Å². The number of hydrogen-bond donors (Lipinski definition) is 1. The number of halogens is 1. The molecule has 3 heterocycles. The van der Waals surface area contributed by atoms with E-state index in [1.807, 2.05) is 43.5 Å². The molecule has 0 amide bonds. The monoisotopic (exact) mass is 456 g/mol. The number of nitrogens with zero attached hydrogens (tertiary/aromatic N) is 1. The van der Waals surface area contributed by atoms with Gasteiger partial charge in [0.25, 0.3) is 0 Å². The van der Waals surface area contributed by atoms with Crippen LogP contribution in [0.5, 0.6) is 0 Å². The summed E-state index contributed by atoms with van der Waals surface area (Å²) in [5.74, 6) is -1.17. The second-order valence-electron chi connectivity index (χ2n) is 8.46. The molecule has 32 heavy (non-hydrogen) atoms. The second-order valence-corrected chi connectivity index (χ2v) is 8.90. The summed E-state index contributed by atoms with van der Waals surface area (Å²) in [7, 11) is 0. The molecule has 1 N–H and O–H groups in total. The Morgan fingerprint density at radius 2 is 1.84 bits per heavy atom. The second kappa shape index (κ2) is 8.66. The van der Waals surface area contributed by atoms with Gasteiger partial charge < -0.3 is 19.4 Å². The lowest BCUT2D eigenvalue weighted by Gasteiger charge is -2.55. The first-order chi connectivity index (χ1) is 15.3. The van der Waals surface area contributed by atoms with Crippen molar-refractivity contribution in [3.63, 3.8) is 0 Å². The summed E-state index contributed by atoms with van der Waals surface area (Å²) in [6.07, 6.45) is 2.21. The summed E-state index contributed by atoms with van der Waals surface area (Å²) < 4.78 is 10.8. The van der Waals surface area contributed by atoms with E-state index >= 15 is 0 Å². The standard InChI is InChI=1S/C25H29ClN2O4/c1-5-31-23(29)18-13-21(24(30)32-6-2)25(4)20-11-12-27-22(20)19(14-28(25)15(18)3)16-7-9-17(26)10-8-16/h7-12,19,21,27H,5-6,13-14H2,1-4H3. The molecule has 2 aliphatic rings. The van der Waals surface area contributed by atoms with E-state index in [1.54, 1.807) is 13.8 Å². The van der Waals surface area contributed by atoms with E-state index in [9.17, 15) is 9.59 Å². The highest BCUT2D eigenvalue weighted by atomic mass is 35.5. The number of carbonyl (C=O) groups excluding carboxylic acids is 2. The Kier molecular flexibility index (Phi) is 6.08. The van der Waals surface area contributed by atoms with Crippen LogP contribution in [0.2, 0.25) is 5.02 Å². The Morgan fingerprint density at radius 3 is 2.50 bits per heavy atom. The number of nitrogens with one attached hydrogen (secondary N) is 1. The lowest BCUT2D eigenvalue weighted by molar-refractivity contribution is -0.155. The number of allylic oxidation sites excluding steroid dienone is 1. The third-order valence-electron chi connectivity index (χ3n) is 6.89. The van der Waals surface area contributed by atoms with Gasteiger partial charge in [-0.1, -0.05) is 23.7 Å². The number of benzene rings is 1. The largest absolute Gasteiger partial charge is 0.466 e. The summed E-state index contributed by atoms with van der Waals surface area (Å²) >= 11 is 6.12. The van der Waals surface area contributed by atoms with Crippen LogP contribution in [0, 0.1) is 5.92 Å². The van der Waals surface area contributed by atoms with E-state index in [0.29, 0.717) is 17.1 Å². The number of ether oxygens (including phenoxy) is 2. The maximum Gasteiger partial charge on any atom is 0.335 e. The molecule has 2 aromatic rings. The minimum Gasteiger partial charge on any atom is -0.466 e. The number of carbonyl (C=O) groups is 2. The van der Waals surface area contributed by atoms with Gasteiger partial charge in [0, 0.05) is 35.1 Å². The zero-order valence-electron chi connectivity index (χ0n) is 18.9. The first-order valence-corrected chi connectivity index (χ1v) is 11.4. The molecule has 3 unspecified atom stereocenters. The molecule has 0 fully saturated rings. The Morgan fingerprint density at radius 1 is 1.16 bits per heavy atom. The summed E-state index contributed by atoms with van der Waals surface area (Å²) in [5.41, 5.74) is 3.97. The van der Waals surface area contributed by atoms with Crippen molar-refractivity contribution < 1.29 is 19.1 Å². The number of esters is 2. The summed E-state index contributed by atoms with van der Waals surface area (Å²) in [6.45, 7) is 8.78. The molecular formula is C25H29ClN2O4. The quantitative estimate of drug-likeness (QED) is 0.657. The van der Waals surface area contributed by atoms with Gasteiger partial charge in [-0.05, 0) is 63.4 Å². The Hall–Kier alpha value is -2.73. The molecule has 0 aliphatic carbocycles. The smallest absolute Gasteiger partial charge is 0.335 e. The maximum atomic E-state index is 13.2. The molecule has 1 aromatic carbocycles. The number of hydrogen-bond acceptors (Lipinski definition) is 5. The Balaban J connectivity index is 1.88. The van der Waals surface area contributed by atoms with Gasteiger partial charge in [0.15, 0.2) is 0 Å². The van der Waals surface area contributed by atoms with E-state index in [0.717, 1.165) is 22.5 Å². The van der Waals surface area contributed by atoms with Gasteiger partial charge in [-0.2, -0.15) is 0 Å². The zero-order valence-corrected chi connectivity index (χ0v) is 19.7. The fourth-order valence-electron chi connectivity index (χ4n) is 5.27. The Labute approximate surface area is 193 Å². The van der Waals surface area contributed by atoms with Crippen molar-refractivity contribution in [2.75, 3.05) is 19.8 Å². The minimum absolute atomic E-state index is 0.0321. The molecule has 0 radical (unpaired) electrons. The average Bonchev–Trinajstić information content (AvgIpc) is 3.26. The molecular weight excluding hydrogens is 428 g/mol. The molecule has 0 bridgehead atoms. The van der Waals surface area contributed by atoms with Gasteiger partial charge >= 0.3 is 11.9 Å². The van der Waals surface area contributed by atoms with Crippen LogP contribution in [0.25, 0.3) is 0 Å². The van der Waals surface area contributed by atoms with Crippen LogP contribution in [0.4, 0.5) is 0 Å². The lowest BCUT2D eigenvalue weighted by Crippen LogP contribution is -2.58. The van der Waals surface area contributed by atoms with Crippen molar-refractivity contribution in [3.8, 4) is 0 Å². The highest BCUT2D eigenvalue weighted by Gasteiger charge is 2.55. The van der Waals surface area contributed by atoms with Crippen molar-refractivity contribution in [2.24, 2.45) is 5.92 Å². The van der Waals surface area contributed by atoms with Gasteiger partial charge in [-0.15, -0.1) is 0 Å². The lowest BCUT2D eigenvalue weighted by atomic mass is 9.67. The predicted molar refractivity (Wildman–Crippen MR) is 122 cm³/mol. The summed E-state index contributed by atoms with van der Waals surface area (Å²) in [6, 6.07) is 9.87. The van der Waals surface area contributed by atoms with E-state index in [-0.39, 0.29) is 37.5 Å². The SMILES string of the molecule is CCOC(=O)C1=C(C)N2CC(c3ccc(Cl)cc3)c3[nH]ccc3C2(C)C(C(=O)OCC)C1. The van der Waals surface area contributed by atoms with E-state index in [4.69, 9.17) is 21.1 Å². The Bertz CT molecular complexity index is 1060. The molecule has 3 atom stereocenters. The molecule has 0 saturated heterocycles. The molecule has 0 saturated carbocycles. The zero-order chi connectivity index (χ0) is 23.0. The van der Waals surface area contributed by atoms with Crippen molar-refractivity contribution in [1.29, 1.82) is 0 Å². The third kappa shape index (κ3) is 3.51. The predicted octanol–water partition coefficient (Wildman–Crippen LogP) is 4.75. The van der Waals surface area contributed by atoms with Gasteiger partial charge in [0.05, 0.1) is 30.2 Å². The maximum absolute atomic E-state index is 13.2. The van der Waals surface area contributed by atoms with Gasteiger partial charge in [0.1, 0.15) is 0 Å². The minimum atomic E-state index is -0.648. The number of rotatable bonds is 5. The molecule has 2 aliphatic heterocycles. The topological polar surface area (TPSA) is 71.6 Å². The summed E-state index contributed by atoms with van der Waals surface area (Å²) in [5, 5.41) is 0.683. The highest BCUT2D eigenvalue weighted by Crippen LogP contribution is 2.53. The fraction of sp³-hybridized carbons (Fsp3) is 0.440. The van der Waals surface area contributed by atoms with E-state index in [1.165, 1.54) is 0 Å². The van der Waals surface area contributed by atoms with Gasteiger partial charge in [-0.25, -0.2) is 4.79 Å². The van der Waals surface area contributed by atoms with Crippen LogP contribution in [0.3, 0.4) is 0 Å². The van der Waals surface area contributed by atoms with Crippen LogP contribution in [-0.4, -0.2) is 41.6 Å². The van der Waals surface area contributed by atoms with Gasteiger partial charge in [-0.3, -0.25) is 4.79 Å². The highest BCUT2D eigenvalue weighted by molar-refractivity contribution is 6.30. The van der Waals surface area contributed by atoms with Crippen LogP contribution >= 0.6 is 11.6 Å². The number of aromatic amines is 1.